The normalized spacial score (nSPS) is 12.2. The van der Waals surface area contributed by atoms with Gasteiger partial charge in [0.2, 0.25) is 5.91 Å². The second kappa shape index (κ2) is 8.93. The summed E-state index contributed by atoms with van der Waals surface area (Å²) in [6, 6.07) is 16.6. The largest absolute Gasteiger partial charge is 0.490 e. The van der Waals surface area contributed by atoms with Gasteiger partial charge in [0.05, 0.1) is 11.6 Å². The molecular formula is C18H17N2O3Y-. The number of carbonyl (C=O) groups excluding carboxylic acids is 1. The SMILES string of the molecule is Cc1[c-]cc(NC(=O)[C@@](C)(O)COc2ccc(C#N)cc2)cc1.[Y]. The summed E-state index contributed by atoms with van der Waals surface area (Å²) in [5.41, 5.74) is 0.328. The number of hydrogen-bond acceptors (Lipinski definition) is 4. The van der Waals surface area contributed by atoms with E-state index in [9.17, 15) is 9.90 Å². The third-order valence-corrected chi connectivity index (χ3v) is 3.22. The molecule has 0 aromatic heterocycles. The van der Waals surface area contributed by atoms with Gasteiger partial charge < -0.3 is 15.2 Å². The van der Waals surface area contributed by atoms with Crippen LogP contribution in [0.25, 0.3) is 0 Å². The summed E-state index contributed by atoms with van der Waals surface area (Å²) < 4.78 is 5.42. The Balaban J connectivity index is 0.00000288. The van der Waals surface area contributed by atoms with Crippen LogP contribution >= 0.6 is 0 Å². The fourth-order valence-electron chi connectivity index (χ4n) is 1.76. The number of nitrogens with one attached hydrogen (secondary N) is 1. The Kier molecular flexibility index (Phi) is 7.56. The van der Waals surface area contributed by atoms with E-state index in [1.54, 1.807) is 36.4 Å². The van der Waals surface area contributed by atoms with Crippen LogP contribution in [0.4, 0.5) is 5.69 Å². The van der Waals surface area contributed by atoms with Gasteiger partial charge in [-0.2, -0.15) is 29.0 Å². The number of rotatable bonds is 5. The molecule has 5 nitrogen and oxygen atoms in total. The van der Waals surface area contributed by atoms with Gasteiger partial charge in [0, 0.05) is 32.7 Å². The van der Waals surface area contributed by atoms with Crippen molar-refractivity contribution in [1.29, 1.82) is 5.26 Å². The Hall–Kier alpha value is -1.74. The van der Waals surface area contributed by atoms with Gasteiger partial charge in [-0.3, -0.25) is 4.79 Å². The maximum atomic E-state index is 12.1. The molecule has 6 heteroatoms. The molecule has 2 aromatic carbocycles. The molecule has 1 amide bonds. The van der Waals surface area contributed by atoms with Gasteiger partial charge in [-0.05, 0) is 31.2 Å². The fourth-order valence-corrected chi connectivity index (χ4v) is 1.76. The molecule has 24 heavy (non-hydrogen) atoms. The van der Waals surface area contributed by atoms with E-state index in [2.05, 4.69) is 11.4 Å². The molecule has 0 saturated heterocycles. The zero-order chi connectivity index (χ0) is 16.9. The van der Waals surface area contributed by atoms with Crippen LogP contribution < -0.4 is 10.1 Å². The topological polar surface area (TPSA) is 82.3 Å². The molecule has 0 aliphatic heterocycles. The Morgan fingerprint density at radius 3 is 2.54 bits per heavy atom. The molecule has 0 fully saturated rings. The summed E-state index contributed by atoms with van der Waals surface area (Å²) in [7, 11) is 0. The van der Waals surface area contributed by atoms with Crippen LogP contribution in [-0.4, -0.2) is 23.2 Å². The van der Waals surface area contributed by atoms with Crippen molar-refractivity contribution in [3.8, 4) is 11.8 Å². The number of benzene rings is 2. The average Bonchev–Trinajstić information content (AvgIpc) is 2.55. The van der Waals surface area contributed by atoms with Crippen molar-refractivity contribution in [2.24, 2.45) is 0 Å². The van der Waals surface area contributed by atoms with Crippen LogP contribution in [0.5, 0.6) is 5.75 Å². The Morgan fingerprint density at radius 2 is 2.00 bits per heavy atom. The van der Waals surface area contributed by atoms with E-state index >= 15 is 0 Å². The summed E-state index contributed by atoms with van der Waals surface area (Å²) in [5, 5.41) is 21.6. The molecule has 121 valence electrons. The molecule has 0 spiro atoms. The molecule has 0 bridgehead atoms. The van der Waals surface area contributed by atoms with E-state index in [1.807, 2.05) is 19.1 Å². The van der Waals surface area contributed by atoms with E-state index < -0.39 is 11.5 Å². The molecule has 0 heterocycles. The van der Waals surface area contributed by atoms with Crippen molar-refractivity contribution < 1.29 is 47.3 Å². The van der Waals surface area contributed by atoms with Crippen LogP contribution in [0, 0.1) is 24.3 Å². The first kappa shape index (κ1) is 20.3. The van der Waals surface area contributed by atoms with Gasteiger partial charge in [0.15, 0.2) is 5.60 Å². The molecule has 2 aromatic rings. The average molecular weight is 398 g/mol. The minimum absolute atomic E-state index is 0. The van der Waals surface area contributed by atoms with Gasteiger partial charge in [-0.1, -0.05) is 12.6 Å². The zero-order valence-corrected chi connectivity index (χ0v) is 16.4. The number of hydrogen-bond donors (Lipinski definition) is 2. The molecule has 0 aliphatic carbocycles. The van der Waals surface area contributed by atoms with Gasteiger partial charge >= 0.3 is 0 Å². The van der Waals surface area contributed by atoms with Crippen LogP contribution in [0.15, 0.2) is 42.5 Å². The molecule has 2 rings (SSSR count). The standard InChI is InChI=1S/C18H17N2O3.Y/c1-13-3-7-15(8-4-13)20-17(21)18(2,22)12-23-16-9-5-14(11-19)6-10-16;/h3,5-10,22H,12H2,1-2H3,(H,20,21);/q-1;/t18-;/m0./s1. The molecule has 0 aliphatic rings. The Bertz CT molecular complexity index is 719. The number of nitrogens with zero attached hydrogens (tertiary/aromatic N) is 1. The predicted molar refractivity (Wildman–Crippen MR) is 85.9 cm³/mol. The maximum Gasteiger partial charge on any atom is 0.248 e. The van der Waals surface area contributed by atoms with Gasteiger partial charge in [0.1, 0.15) is 12.4 Å². The van der Waals surface area contributed by atoms with Crippen molar-refractivity contribution in [2.75, 3.05) is 11.9 Å². The number of nitriles is 1. The summed E-state index contributed by atoms with van der Waals surface area (Å²) in [5.74, 6) is -0.0934. The predicted octanol–water partition coefficient (Wildman–Crippen LogP) is 2.43. The molecule has 1 radical (unpaired) electrons. The molecule has 0 saturated carbocycles. The number of aryl methyl sites for hydroxylation is 1. The third kappa shape index (κ3) is 5.72. The number of aliphatic hydroxyl groups is 1. The first-order chi connectivity index (χ1) is 10.9. The summed E-state index contributed by atoms with van der Waals surface area (Å²) in [6.07, 6.45) is 0. The van der Waals surface area contributed by atoms with Gasteiger partial charge in [-0.25, -0.2) is 0 Å². The number of anilines is 1. The molecule has 2 N–H and O–H groups in total. The zero-order valence-electron chi connectivity index (χ0n) is 13.5. The molecular weight excluding hydrogens is 381 g/mol. The van der Waals surface area contributed by atoms with Gasteiger partial charge in [-0.15, -0.1) is 6.07 Å². The van der Waals surface area contributed by atoms with E-state index in [0.29, 0.717) is 17.0 Å². The Labute approximate surface area is 166 Å². The van der Waals surface area contributed by atoms with Gasteiger partial charge in [0.25, 0.3) is 0 Å². The van der Waals surface area contributed by atoms with E-state index in [4.69, 9.17) is 10.00 Å². The fraction of sp³-hybridized carbons (Fsp3) is 0.222. The minimum Gasteiger partial charge on any atom is -0.490 e. The van der Waals surface area contributed by atoms with Crippen LogP contribution in [0.1, 0.15) is 18.1 Å². The van der Waals surface area contributed by atoms with E-state index in [-0.39, 0.29) is 39.3 Å². The smallest absolute Gasteiger partial charge is 0.248 e. The Morgan fingerprint density at radius 1 is 1.33 bits per heavy atom. The van der Waals surface area contributed by atoms with Crippen LogP contribution in [0.3, 0.4) is 0 Å². The molecule has 1 atom stereocenters. The molecule has 0 unspecified atom stereocenters. The quantitative estimate of drug-likeness (QED) is 0.759. The van der Waals surface area contributed by atoms with Crippen molar-refractivity contribution in [3.63, 3.8) is 0 Å². The summed E-state index contributed by atoms with van der Waals surface area (Å²) in [6.45, 7) is 3.07. The minimum atomic E-state index is -1.70. The van der Waals surface area contributed by atoms with Crippen molar-refractivity contribution >= 4 is 11.6 Å². The van der Waals surface area contributed by atoms with Crippen molar-refractivity contribution in [1.82, 2.24) is 0 Å². The summed E-state index contributed by atoms with van der Waals surface area (Å²) in [4.78, 5) is 12.1. The maximum absolute atomic E-state index is 12.1. The van der Waals surface area contributed by atoms with Crippen LogP contribution in [0.2, 0.25) is 0 Å². The third-order valence-electron chi connectivity index (χ3n) is 3.22. The second-order valence-electron chi connectivity index (χ2n) is 5.41. The number of amides is 1. The van der Waals surface area contributed by atoms with E-state index in [0.717, 1.165) is 5.56 Å². The van der Waals surface area contributed by atoms with Crippen LogP contribution in [-0.2, 0) is 37.5 Å². The van der Waals surface area contributed by atoms with Crippen molar-refractivity contribution in [2.45, 2.75) is 19.4 Å². The van der Waals surface area contributed by atoms with E-state index in [1.165, 1.54) is 6.92 Å². The first-order valence-electron chi connectivity index (χ1n) is 7.06. The second-order valence-corrected chi connectivity index (χ2v) is 5.41. The number of carbonyl (C=O) groups is 1. The summed E-state index contributed by atoms with van der Waals surface area (Å²) >= 11 is 0. The van der Waals surface area contributed by atoms with Crippen molar-refractivity contribution in [3.05, 3.63) is 59.7 Å². The first-order valence-corrected chi connectivity index (χ1v) is 7.06. The monoisotopic (exact) mass is 398 g/mol. The number of ether oxygens (including phenoxy) is 1.